The molecule has 0 radical (unpaired) electrons. The number of benzene rings is 2. The maximum atomic E-state index is 12.1. The summed E-state index contributed by atoms with van der Waals surface area (Å²) in [5.41, 5.74) is 2.83. The van der Waals surface area contributed by atoms with E-state index in [1.54, 1.807) is 12.1 Å². The van der Waals surface area contributed by atoms with Gasteiger partial charge in [-0.2, -0.15) is 5.10 Å². The lowest BCUT2D eigenvalue weighted by Crippen LogP contribution is -2.26. The Morgan fingerprint density at radius 1 is 1.27 bits per heavy atom. The van der Waals surface area contributed by atoms with Crippen LogP contribution in [0.4, 0.5) is 5.69 Å². The summed E-state index contributed by atoms with van der Waals surface area (Å²) in [7, 11) is 0. The molecule has 1 saturated heterocycles. The number of nitro groups is 1. The Morgan fingerprint density at radius 2 is 2.08 bits per heavy atom. The van der Waals surface area contributed by atoms with Crippen molar-refractivity contribution in [3.8, 4) is 0 Å². The zero-order valence-electron chi connectivity index (χ0n) is 14.0. The number of hydrogen-bond acceptors (Lipinski definition) is 6. The number of carbonyl (C=O) groups is 1. The summed E-state index contributed by atoms with van der Waals surface area (Å²) < 4.78 is 0. The maximum absolute atomic E-state index is 12.1. The molecule has 2 aromatic carbocycles. The minimum Gasteiger partial charge on any atom is -0.303 e. The van der Waals surface area contributed by atoms with Crippen molar-refractivity contribution in [2.45, 2.75) is 18.6 Å². The molecule has 1 N–H and O–H groups in total. The van der Waals surface area contributed by atoms with Crippen molar-refractivity contribution in [2.75, 3.05) is 0 Å². The van der Waals surface area contributed by atoms with Gasteiger partial charge in [-0.3, -0.25) is 14.9 Å². The van der Waals surface area contributed by atoms with E-state index in [2.05, 4.69) is 15.5 Å². The Hall–Kier alpha value is -3.00. The van der Waals surface area contributed by atoms with Crippen LogP contribution in [0.3, 0.4) is 0 Å². The number of nitrogens with zero attached hydrogens (tertiary/aromatic N) is 3. The van der Waals surface area contributed by atoms with Crippen molar-refractivity contribution in [2.24, 2.45) is 10.2 Å². The van der Waals surface area contributed by atoms with Gasteiger partial charge in [0.15, 0.2) is 5.17 Å². The van der Waals surface area contributed by atoms with Crippen LogP contribution in [-0.2, 0) is 11.2 Å². The first-order valence-electron chi connectivity index (χ1n) is 7.90. The van der Waals surface area contributed by atoms with Gasteiger partial charge in [0, 0.05) is 17.7 Å². The molecule has 7 nitrogen and oxygen atoms in total. The monoisotopic (exact) mass is 368 g/mol. The molecular weight excluding hydrogens is 352 g/mol. The van der Waals surface area contributed by atoms with Crippen LogP contribution in [0, 0.1) is 17.0 Å². The van der Waals surface area contributed by atoms with E-state index in [4.69, 9.17) is 0 Å². The first kappa shape index (κ1) is 17.8. The zero-order valence-corrected chi connectivity index (χ0v) is 14.8. The number of non-ortho nitro benzene ring substituents is 1. The van der Waals surface area contributed by atoms with E-state index in [9.17, 15) is 14.9 Å². The van der Waals surface area contributed by atoms with E-state index >= 15 is 0 Å². The average Bonchev–Trinajstić information content (AvgIpc) is 2.97. The summed E-state index contributed by atoms with van der Waals surface area (Å²) in [6, 6.07) is 14.0. The van der Waals surface area contributed by atoms with Gasteiger partial charge in [0.25, 0.3) is 5.69 Å². The molecule has 1 aliphatic rings. The van der Waals surface area contributed by atoms with E-state index in [0.29, 0.717) is 17.2 Å². The van der Waals surface area contributed by atoms with Crippen LogP contribution in [-0.4, -0.2) is 27.5 Å². The third kappa shape index (κ3) is 4.34. The predicted octanol–water partition coefficient (Wildman–Crippen LogP) is 3.07. The lowest BCUT2D eigenvalue weighted by molar-refractivity contribution is -0.384. The summed E-state index contributed by atoms with van der Waals surface area (Å²) in [6.07, 6.45) is 2.04. The fourth-order valence-corrected chi connectivity index (χ4v) is 3.44. The smallest absolute Gasteiger partial charge is 0.270 e. The van der Waals surface area contributed by atoms with Crippen molar-refractivity contribution in [1.29, 1.82) is 0 Å². The van der Waals surface area contributed by atoms with Gasteiger partial charge < -0.3 is 5.32 Å². The number of carbonyl (C=O) groups excluding carboxylic acids is 1. The van der Waals surface area contributed by atoms with Crippen LogP contribution in [0.2, 0.25) is 0 Å². The quantitative estimate of drug-likeness (QED) is 0.498. The van der Waals surface area contributed by atoms with Crippen LogP contribution in [0.1, 0.15) is 16.7 Å². The summed E-state index contributed by atoms with van der Waals surface area (Å²) in [6.45, 7) is 2.02. The maximum Gasteiger partial charge on any atom is 0.270 e. The fraction of sp³-hybridized carbons (Fsp3) is 0.167. The highest BCUT2D eigenvalue weighted by Crippen LogP contribution is 2.24. The van der Waals surface area contributed by atoms with Crippen molar-refractivity contribution in [1.82, 2.24) is 5.32 Å². The Kier molecular flexibility index (Phi) is 5.43. The number of nitro benzene ring substituents is 1. The lowest BCUT2D eigenvalue weighted by atomic mass is 10.0. The number of amides is 1. The molecule has 0 spiro atoms. The Balaban J connectivity index is 1.65. The standard InChI is InChI=1S/C18H16N4O3S/c1-12-5-2-3-7-14(12)10-16-17(23)20-18(26-16)21-19-11-13-6-4-8-15(9-13)22(24)25/h2-9,11,16H,10H2,1H3,(H,20,21,23)/b19-11-/t16-/m1/s1. The Morgan fingerprint density at radius 3 is 2.85 bits per heavy atom. The molecule has 1 aliphatic heterocycles. The second-order valence-electron chi connectivity index (χ2n) is 5.73. The summed E-state index contributed by atoms with van der Waals surface area (Å²) in [5, 5.41) is 21.6. The number of nitrogens with one attached hydrogen (secondary N) is 1. The van der Waals surface area contributed by atoms with Gasteiger partial charge in [0.1, 0.15) is 0 Å². The average molecular weight is 368 g/mol. The topological polar surface area (TPSA) is 97.0 Å². The first-order valence-corrected chi connectivity index (χ1v) is 8.78. The number of rotatable bonds is 5. The molecule has 132 valence electrons. The summed E-state index contributed by atoms with van der Waals surface area (Å²) in [5.74, 6) is -0.0949. The molecule has 0 bridgehead atoms. The van der Waals surface area contributed by atoms with E-state index < -0.39 is 4.92 Å². The molecule has 26 heavy (non-hydrogen) atoms. The molecule has 1 fully saturated rings. The summed E-state index contributed by atoms with van der Waals surface area (Å²) in [4.78, 5) is 22.4. The van der Waals surface area contributed by atoms with Gasteiger partial charge in [0.05, 0.1) is 16.4 Å². The van der Waals surface area contributed by atoms with Crippen molar-refractivity contribution >= 4 is 34.7 Å². The number of aryl methyl sites for hydroxylation is 1. The van der Waals surface area contributed by atoms with E-state index in [0.717, 1.165) is 11.1 Å². The second kappa shape index (κ2) is 7.92. The van der Waals surface area contributed by atoms with Crippen LogP contribution in [0.25, 0.3) is 0 Å². The number of thioether (sulfide) groups is 1. The Bertz CT molecular complexity index is 911. The highest BCUT2D eigenvalue weighted by molar-refractivity contribution is 8.15. The number of hydrogen-bond donors (Lipinski definition) is 1. The van der Waals surface area contributed by atoms with Gasteiger partial charge >= 0.3 is 0 Å². The zero-order chi connectivity index (χ0) is 18.5. The molecule has 1 atom stereocenters. The minimum absolute atomic E-state index is 0.0107. The van der Waals surface area contributed by atoms with Crippen molar-refractivity contribution in [3.63, 3.8) is 0 Å². The third-order valence-electron chi connectivity index (χ3n) is 3.88. The molecule has 1 heterocycles. The van der Waals surface area contributed by atoms with Gasteiger partial charge in [0.2, 0.25) is 5.91 Å². The van der Waals surface area contributed by atoms with Gasteiger partial charge in [-0.05, 0) is 24.5 Å². The van der Waals surface area contributed by atoms with Crippen LogP contribution in [0.5, 0.6) is 0 Å². The molecule has 2 aromatic rings. The minimum atomic E-state index is -0.466. The fourth-order valence-electron chi connectivity index (χ4n) is 2.49. The normalized spacial score (nSPS) is 18.4. The molecule has 1 amide bonds. The van der Waals surface area contributed by atoms with Gasteiger partial charge in [-0.25, -0.2) is 0 Å². The molecular formula is C18H16N4O3S. The molecule has 0 aliphatic carbocycles. The molecule has 8 heteroatoms. The van der Waals surface area contributed by atoms with Gasteiger partial charge in [-0.15, -0.1) is 5.10 Å². The predicted molar refractivity (Wildman–Crippen MR) is 103 cm³/mol. The van der Waals surface area contributed by atoms with E-state index in [-0.39, 0.29) is 16.8 Å². The summed E-state index contributed by atoms with van der Waals surface area (Å²) >= 11 is 1.33. The lowest BCUT2D eigenvalue weighted by Gasteiger charge is -2.07. The highest BCUT2D eigenvalue weighted by Gasteiger charge is 2.30. The third-order valence-corrected chi connectivity index (χ3v) is 4.95. The van der Waals surface area contributed by atoms with Crippen LogP contribution in [0.15, 0.2) is 58.7 Å². The molecule has 0 saturated carbocycles. The van der Waals surface area contributed by atoms with Gasteiger partial charge in [-0.1, -0.05) is 48.2 Å². The first-order chi connectivity index (χ1) is 12.5. The molecule has 0 aromatic heterocycles. The second-order valence-corrected chi connectivity index (χ2v) is 6.92. The van der Waals surface area contributed by atoms with Crippen molar-refractivity contribution < 1.29 is 9.72 Å². The van der Waals surface area contributed by atoms with Crippen LogP contribution >= 0.6 is 11.8 Å². The van der Waals surface area contributed by atoms with E-state index in [1.807, 2.05) is 31.2 Å². The van der Waals surface area contributed by atoms with Crippen molar-refractivity contribution in [3.05, 3.63) is 75.3 Å². The highest BCUT2D eigenvalue weighted by atomic mass is 32.2. The van der Waals surface area contributed by atoms with Crippen LogP contribution < -0.4 is 5.32 Å². The number of amidine groups is 1. The Labute approximate surface area is 154 Å². The molecule has 3 rings (SSSR count). The SMILES string of the molecule is Cc1ccccc1C[C@H]1S/C(=N\N=C/c2cccc([N+](=O)[O-])c2)NC1=O. The molecule has 0 unspecified atom stereocenters. The largest absolute Gasteiger partial charge is 0.303 e. The van der Waals surface area contributed by atoms with E-state index in [1.165, 1.54) is 30.1 Å².